The standard InChI is InChI=1S/C14H8Cl2N4/c1-9-11(6-10(7-17)8-18)14(16)20(19-9)13-5-3-2-4-12(13)15/h2-6H,1H3. The van der Waals surface area contributed by atoms with Gasteiger partial charge in [-0.3, -0.25) is 0 Å². The van der Waals surface area contributed by atoms with E-state index in [1.54, 1.807) is 37.3 Å². The Morgan fingerprint density at radius 2 is 1.90 bits per heavy atom. The summed E-state index contributed by atoms with van der Waals surface area (Å²) in [6.07, 6.45) is 1.41. The van der Waals surface area contributed by atoms with E-state index in [0.717, 1.165) is 0 Å². The average molecular weight is 303 g/mol. The molecule has 0 saturated carbocycles. The molecule has 2 rings (SSSR count). The second kappa shape index (κ2) is 5.79. The van der Waals surface area contributed by atoms with Gasteiger partial charge in [0, 0.05) is 5.56 Å². The highest BCUT2D eigenvalue weighted by molar-refractivity contribution is 6.33. The Balaban J connectivity index is 2.62. The van der Waals surface area contributed by atoms with Gasteiger partial charge in [0.05, 0.1) is 16.4 Å². The summed E-state index contributed by atoms with van der Waals surface area (Å²) in [5, 5.41) is 22.7. The summed E-state index contributed by atoms with van der Waals surface area (Å²) in [6.45, 7) is 1.75. The predicted molar refractivity (Wildman–Crippen MR) is 77.5 cm³/mol. The van der Waals surface area contributed by atoms with Crippen molar-refractivity contribution in [3.8, 4) is 17.8 Å². The lowest BCUT2D eigenvalue weighted by molar-refractivity contribution is 0.863. The van der Waals surface area contributed by atoms with Crippen molar-refractivity contribution in [2.24, 2.45) is 0 Å². The summed E-state index contributed by atoms with van der Waals surface area (Å²) in [5.74, 6) is 0. The molecule has 1 aromatic carbocycles. The summed E-state index contributed by atoms with van der Waals surface area (Å²) in [6, 6.07) is 10.7. The highest BCUT2D eigenvalue weighted by Gasteiger charge is 2.15. The van der Waals surface area contributed by atoms with E-state index >= 15 is 0 Å². The first-order valence-electron chi connectivity index (χ1n) is 5.60. The van der Waals surface area contributed by atoms with E-state index in [9.17, 15) is 0 Å². The first kappa shape index (κ1) is 14.1. The number of hydrogen-bond donors (Lipinski definition) is 0. The fourth-order valence-electron chi connectivity index (χ4n) is 1.69. The fraction of sp³-hybridized carbons (Fsp3) is 0.0714. The molecule has 0 bridgehead atoms. The molecule has 1 aromatic heterocycles. The molecule has 0 aliphatic heterocycles. The van der Waals surface area contributed by atoms with Crippen LogP contribution in [0, 0.1) is 29.6 Å². The molecule has 0 N–H and O–H groups in total. The molecular weight excluding hydrogens is 295 g/mol. The lowest BCUT2D eigenvalue weighted by Gasteiger charge is -2.04. The number of aryl methyl sites for hydroxylation is 1. The Hall–Kier alpha value is -2.27. The summed E-state index contributed by atoms with van der Waals surface area (Å²) in [4.78, 5) is 0. The van der Waals surface area contributed by atoms with Crippen molar-refractivity contribution in [1.29, 1.82) is 10.5 Å². The first-order valence-corrected chi connectivity index (χ1v) is 6.36. The fourth-order valence-corrected chi connectivity index (χ4v) is 2.23. The van der Waals surface area contributed by atoms with Crippen LogP contribution < -0.4 is 0 Å². The number of halogens is 2. The number of hydrogen-bond acceptors (Lipinski definition) is 3. The highest BCUT2D eigenvalue weighted by Crippen LogP contribution is 2.28. The van der Waals surface area contributed by atoms with Crippen molar-refractivity contribution in [1.82, 2.24) is 9.78 Å². The van der Waals surface area contributed by atoms with Gasteiger partial charge in [0.2, 0.25) is 0 Å². The van der Waals surface area contributed by atoms with Gasteiger partial charge in [-0.2, -0.15) is 15.6 Å². The Morgan fingerprint density at radius 3 is 2.50 bits per heavy atom. The number of allylic oxidation sites excluding steroid dienone is 1. The summed E-state index contributed by atoms with van der Waals surface area (Å²) in [5.41, 5.74) is 1.74. The SMILES string of the molecule is Cc1nn(-c2ccccc2Cl)c(Cl)c1C=C(C#N)C#N. The minimum absolute atomic E-state index is 0.0336. The molecule has 0 aliphatic rings. The zero-order valence-corrected chi connectivity index (χ0v) is 11.9. The third-order valence-corrected chi connectivity index (χ3v) is 3.34. The van der Waals surface area contributed by atoms with Crippen molar-refractivity contribution < 1.29 is 0 Å². The van der Waals surface area contributed by atoms with Crippen molar-refractivity contribution in [2.45, 2.75) is 6.92 Å². The number of nitrogens with zero attached hydrogens (tertiary/aromatic N) is 4. The monoisotopic (exact) mass is 302 g/mol. The van der Waals surface area contributed by atoms with E-state index in [-0.39, 0.29) is 5.57 Å². The van der Waals surface area contributed by atoms with Crippen molar-refractivity contribution >= 4 is 29.3 Å². The maximum atomic E-state index is 8.80. The average Bonchev–Trinajstić information content (AvgIpc) is 2.72. The zero-order chi connectivity index (χ0) is 14.7. The van der Waals surface area contributed by atoms with Crippen LogP contribution in [0.2, 0.25) is 10.2 Å². The quantitative estimate of drug-likeness (QED) is 0.790. The van der Waals surface area contributed by atoms with Crippen LogP contribution in [-0.4, -0.2) is 9.78 Å². The van der Waals surface area contributed by atoms with E-state index in [0.29, 0.717) is 27.1 Å². The lowest BCUT2D eigenvalue weighted by Crippen LogP contribution is -1.97. The van der Waals surface area contributed by atoms with Gasteiger partial charge in [0.25, 0.3) is 0 Å². The second-order valence-electron chi connectivity index (χ2n) is 3.93. The van der Waals surface area contributed by atoms with E-state index in [1.807, 2.05) is 6.07 Å². The number of para-hydroxylation sites is 1. The number of benzene rings is 1. The van der Waals surface area contributed by atoms with Gasteiger partial charge in [-0.1, -0.05) is 35.3 Å². The normalized spacial score (nSPS) is 9.65. The maximum Gasteiger partial charge on any atom is 0.140 e. The summed E-state index contributed by atoms with van der Waals surface area (Å²) < 4.78 is 1.48. The number of aromatic nitrogens is 2. The van der Waals surface area contributed by atoms with E-state index in [4.69, 9.17) is 33.7 Å². The molecule has 1 heterocycles. The van der Waals surface area contributed by atoms with Crippen LogP contribution in [-0.2, 0) is 0 Å². The van der Waals surface area contributed by atoms with Gasteiger partial charge in [-0.05, 0) is 25.1 Å². The van der Waals surface area contributed by atoms with Crippen LogP contribution in [0.1, 0.15) is 11.3 Å². The molecule has 0 saturated heterocycles. The molecule has 98 valence electrons. The van der Waals surface area contributed by atoms with Crippen LogP contribution in [0.3, 0.4) is 0 Å². The number of nitriles is 2. The molecular formula is C14H8Cl2N4. The molecule has 0 fully saturated rings. The highest BCUT2D eigenvalue weighted by atomic mass is 35.5. The van der Waals surface area contributed by atoms with Gasteiger partial charge in [-0.15, -0.1) is 0 Å². The molecule has 0 radical (unpaired) electrons. The van der Waals surface area contributed by atoms with Crippen LogP contribution >= 0.6 is 23.2 Å². The van der Waals surface area contributed by atoms with Gasteiger partial charge in [0.1, 0.15) is 22.9 Å². The van der Waals surface area contributed by atoms with Gasteiger partial charge >= 0.3 is 0 Å². The van der Waals surface area contributed by atoms with Crippen molar-refractivity contribution in [3.63, 3.8) is 0 Å². The Kier molecular flexibility index (Phi) is 4.10. The Bertz CT molecular complexity index is 759. The third kappa shape index (κ3) is 2.53. The van der Waals surface area contributed by atoms with Gasteiger partial charge in [-0.25, -0.2) is 4.68 Å². The topological polar surface area (TPSA) is 65.4 Å². The lowest BCUT2D eigenvalue weighted by atomic mass is 10.2. The molecule has 0 spiro atoms. The van der Waals surface area contributed by atoms with Crippen LogP contribution in [0.4, 0.5) is 0 Å². The second-order valence-corrected chi connectivity index (χ2v) is 4.70. The smallest absolute Gasteiger partial charge is 0.140 e. The van der Waals surface area contributed by atoms with Gasteiger partial charge in [0.15, 0.2) is 0 Å². The molecule has 0 amide bonds. The van der Waals surface area contributed by atoms with Crippen molar-refractivity contribution in [2.75, 3.05) is 0 Å². The first-order chi connectivity index (χ1) is 9.58. The Morgan fingerprint density at radius 1 is 1.25 bits per heavy atom. The third-order valence-electron chi connectivity index (χ3n) is 2.66. The van der Waals surface area contributed by atoms with Crippen LogP contribution in [0.25, 0.3) is 11.8 Å². The van der Waals surface area contributed by atoms with Crippen molar-refractivity contribution in [3.05, 3.63) is 51.3 Å². The van der Waals surface area contributed by atoms with E-state index in [2.05, 4.69) is 5.10 Å². The Labute approximate surface area is 126 Å². The van der Waals surface area contributed by atoms with E-state index in [1.165, 1.54) is 10.8 Å². The molecule has 0 atom stereocenters. The molecule has 2 aromatic rings. The minimum Gasteiger partial charge on any atom is -0.220 e. The summed E-state index contributed by atoms with van der Waals surface area (Å²) >= 11 is 12.4. The largest absolute Gasteiger partial charge is 0.220 e. The van der Waals surface area contributed by atoms with Crippen LogP contribution in [0.5, 0.6) is 0 Å². The molecule has 0 aliphatic carbocycles. The van der Waals surface area contributed by atoms with E-state index < -0.39 is 0 Å². The molecule has 0 unspecified atom stereocenters. The minimum atomic E-state index is -0.0336. The molecule has 4 nitrogen and oxygen atoms in total. The molecule has 20 heavy (non-hydrogen) atoms. The predicted octanol–water partition coefficient (Wildman–Crippen LogP) is 3.92. The molecule has 6 heteroatoms. The maximum absolute atomic E-state index is 8.80. The summed E-state index contributed by atoms with van der Waals surface area (Å²) in [7, 11) is 0. The van der Waals surface area contributed by atoms with Crippen LogP contribution in [0.15, 0.2) is 29.8 Å². The zero-order valence-electron chi connectivity index (χ0n) is 10.4. The van der Waals surface area contributed by atoms with Gasteiger partial charge < -0.3 is 0 Å². The number of rotatable bonds is 2.